The molecular formula is C13H15ClN4O2. The Balaban J connectivity index is 2.73. The molecule has 2 aromatic rings. The number of rotatable bonds is 3. The molecule has 0 unspecified atom stereocenters. The van der Waals surface area contributed by atoms with Crippen LogP contribution in [0.3, 0.4) is 0 Å². The van der Waals surface area contributed by atoms with E-state index in [2.05, 4.69) is 10.3 Å². The maximum absolute atomic E-state index is 8.89. The monoisotopic (exact) mass is 294 g/mol. The van der Waals surface area contributed by atoms with Gasteiger partial charge in [0, 0.05) is 11.6 Å². The Morgan fingerprint density at radius 3 is 2.65 bits per heavy atom. The maximum Gasteiger partial charge on any atom is 0.172 e. The number of nitrogens with zero attached hydrogens (tertiary/aromatic N) is 3. The molecule has 3 N–H and O–H groups in total. The maximum atomic E-state index is 8.89. The quantitative estimate of drug-likeness (QED) is 0.393. The third-order valence-corrected chi connectivity index (χ3v) is 3.57. The van der Waals surface area contributed by atoms with Crippen molar-refractivity contribution in [1.82, 2.24) is 9.78 Å². The van der Waals surface area contributed by atoms with E-state index in [0.717, 1.165) is 5.69 Å². The molecule has 0 bridgehead atoms. The van der Waals surface area contributed by atoms with E-state index in [4.69, 9.17) is 27.3 Å². The first kappa shape index (κ1) is 14.2. The lowest BCUT2D eigenvalue weighted by atomic mass is 10.1. The van der Waals surface area contributed by atoms with Crippen LogP contribution in [0.5, 0.6) is 5.75 Å². The molecule has 1 heterocycles. The number of amidine groups is 1. The van der Waals surface area contributed by atoms with Gasteiger partial charge in [0.2, 0.25) is 0 Å². The fourth-order valence-corrected chi connectivity index (χ4v) is 2.06. The predicted octanol–water partition coefficient (Wildman–Crippen LogP) is 2.25. The molecule has 0 atom stereocenters. The van der Waals surface area contributed by atoms with E-state index in [1.807, 2.05) is 13.8 Å². The molecule has 0 spiro atoms. The van der Waals surface area contributed by atoms with Crippen molar-refractivity contribution in [2.24, 2.45) is 10.9 Å². The van der Waals surface area contributed by atoms with Crippen LogP contribution in [0.2, 0.25) is 5.02 Å². The number of nitrogens with two attached hydrogens (primary N) is 1. The normalized spacial score (nSPS) is 11.7. The average Bonchev–Trinajstić information content (AvgIpc) is 2.73. The Morgan fingerprint density at radius 2 is 2.15 bits per heavy atom. The number of hydrogen-bond donors (Lipinski definition) is 2. The highest BCUT2D eigenvalue weighted by Crippen LogP contribution is 2.27. The second kappa shape index (κ2) is 5.42. The molecule has 6 nitrogen and oxygen atoms in total. The van der Waals surface area contributed by atoms with Crippen molar-refractivity contribution in [3.63, 3.8) is 0 Å². The summed E-state index contributed by atoms with van der Waals surface area (Å²) in [6.45, 7) is 3.66. The fourth-order valence-electron chi connectivity index (χ4n) is 1.94. The van der Waals surface area contributed by atoms with Gasteiger partial charge in [-0.1, -0.05) is 16.8 Å². The number of aromatic nitrogens is 2. The Morgan fingerprint density at radius 1 is 1.45 bits per heavy atom. The molecule has 7 heteroatoms. The topological polar surface area (TPSA) is 85.7 Å². The van der Waals surface area contributed by atoms with Crippen molar-refractivity contribution >= 4 is 17.4 Å². The van der Waals surface area contributed by atoms with Crippen molar-refractivity contribution in [3.05, 3.63) is 40.2 Å². The summed E-state index contributed by atoms with van der Waals surface area (Å²) in [6, 6.07) is 5.18. The third-order valence-electron chi connectivity index (χ3n) is 3.02. The largest absolute Gasteiger partial charge is 0.497 e. The highest BCUT2D eigenvalue weighted by atomic mass is 35.5. The average molecular weight is 295 g/mol. The second-order valence-corrected chi connectivity index (χ2v) is 4.64. The van der Waals surface area contributed by atoms with Gasteiger partial charge < -0.3 is 15.7 Å². The summed E-state index contributed by atoms with van der Waals surface area (Å²) in [5.74, 6) is 0.629. The van der Waals surface area contributed by atoms with Crippen LogP contribution in [0.25, 0.3) is 5.69 Å². The first-order valence-corrected chi connectivity index (χ1v) is 6.25. The van der Waals surface area contributed by atoms with Gasteiger partial charge in [0.05, 0.1) is 29.2 Å². The summed E-state index contributed by atoms with van der Waals surface area (Å²) in [4.78, 5) is 0. The molecule has 0 aliphatic carbocycles. The van der Waals surface area contributed by atoms with Crippen LogP contribution in [0.4, 0.5) is 0 Å². The van der Waals surface area contributed by atoms with Crippen molar-refractivity contribution in [1.29, 1.82) is 0 Å². The van der Waals surface area contributed by atoms with Crippen LogP contribution >= 0.6 is 11.6 Å². The first-order chi connectivity index (χ1) is 9.49. The zero-order valence-electron chi connectivity index (χ0n) is 11.4. The minimum Gasteiger partial charge on any atom is -0.497 e. The Labute approximate surface area is 121 Å². The molecule has 0 aliphatic rings. The van der Waals surface area contributed by atoms with Crippen LogP contribution in [-0.2, 0) is 0 Å². The highest BCUT2D eigenvalue weighted by molar-refractivity contribution is 6.31. The van der Waals surface area contributed by atoms with Gasteiger partial charge in [-0.3, -0.25) is 0 Å². The molecule has 106 valence electrons. The predicted molar refractivity (Wildman–Crippen MR) is 77.1 cm³/mol. The summed E-state index contributed by atoms with van der Waals surface area (Å²) < 4.78 is 6.85. The molecule has 0 fully saturated rings. The van der Waals surface area contributed by atoms with Gasteiger partial charge in [-0.15, -0.1) is 0 Å². The van der Waals surface area contributed by atoms with Gasteiger partial charge in [0.25, 0.3) is 0 Å². The van der Waals surface area contributed by atoms with Crippen LogP contribution in [-0.4, -0.2) is 27.9 Å². The van der Waals surface area contributed by atoms with Gasteiger partial charge in [-0.25, -0.2) is 4.68 Å². The van der Waals surface area contributed by atoms with Crippen LogP contribution in [0, 0.1) is 13.8 Å². The molecule has 1 aromatic carbocycles. The summed E-state index contributed by atoms with van der Waals surface area (Å²) in [5, 5.41) is 16.9. The van der Waals surface area contributed by atoms with E-state index < -0.39 is 0 Å². The minimum atomic E-state index is -0.00803. The molecule has 1 aromatic heterocycles. The SMILES string of the molecule is COc1ccc(/C(N)=N/O)c(-n2nc(C)c(Cl)c2C)c1. The van der Waals surface area contributed by atoms with Gasteiger partial charge in [-0.05, 0) is 26.0 Å². The minimum absolute atomic E-state index is 0.00803. The fraction of sp³-hybridized carbons (Fsp3) is 0.231. The zero-order chi connectivity index (χ0) is 14.9. The van der Waals surface area contributed by atoms with Crippen LogP contribution in [0.15, 0.2) is 23.4 Å². The van der Waals surface area contributed by atoms with Crippen molar-refractivity contribution in [2.45, 2.75) is 13.8 Å². The Bertz CT molecular complexity index is 679. The Kier molecular flexibility index (Phi) is 3.85. The zero-order valence-corrected chi connectivity index (χ0v) is 12.1. The lowest BCUT2D eigenvalue weighted by Gasteiger charge is -2.12. The number of hydrogen-bond acceptors (Lipinski definition) is 4. The van der Waals surface area contributed by atoms with Crippen LogP contribution in [0.1, 0.15) is 17.0 Å². The number of ether oxygens (including phenoxy) is 1. The number of methoxy groups -OCH3 is 1. The summed E-state index contributed by atoms with van der Waals surface area (Å²) in [5.41, 5.74) is 8.35. The standard InChI is InChI=1S/C13H15ClN4O2/c1-7-12(14)8(2)18(16-7)11-6-9(20-3)4-5-10(11)13(15)17-19/h4-6,19H,1-3H3,(H2,15,17). The highest BCUT2D eigenvalue weighted by Gasteiger charge is 2.16. The van der Waals surface area contributed by atoms with E-state index in [0.29, 0.717) is 27.7 Å². The molecule has 0 amide bonds. The molecule has 0 saturated heterocycles. The van der Waals surface area contributed by atoms with E-state index in [1.165, 1.54) is 0 Å². The van der Waals surface area contributed by atoms with Crippen molar-refractivity contribution in [3.8, 4) is 11.4 Å². The second-order valence-electron chi connectivity index (χ2n) is 4.26. The third kappa shape index (κ3) is 2.30. The Hall–Kier alpha value is -2.21. The van der Waals surface area contributed by atoms with Gasteiger partial charge in [-0.2, -0.15) is 5.10 Å². The van der Waals surface area contributed by atoms with Gasteiger partial charge in [0.15, 0.2) is 5.84 Å². The number of halogens is 1. The molecule has 0 saturated carbocycles. The molecule has 20 heavy (non-hydrogen) atoms. The van der Waals surface area contributed by atoms with Gasteiger partial charge >= 0.3 is 0 Å². The van der Waals surface area contributed by atoms with E-state index >= 15 is 0 Å². The first-order valence-electron chi connectivity index (χ1n) is 5.87. The number of oxime groups is 1. The summed E-state index contributed by atoms with van der Waals surface area (Å²) >= 11 is 6.16. The van der Waals surface area contributed by atoms with Crippen molar-refractivity contribution < 1.29 is 9.94 Å². The number of benzene rings is 1. The molecule has 0 radical (unpaired) electrons. The van der Waals surface area contributed by atoms with E-state index in [-0.39, 0.29) is 5.84 Å². The molecular weight excluding hydrogens is 280 g/mol. The smallest absolute Gasteiger partial charge is 0.172 e. The molecule has 2 rings (SSSR count). The summed E-state index contributed by atoms with van der Waals surface area (Å²) in [7, 11) is 1.57. The van der Waals surface area contributed by atoms with Gasteiger partial charge in [0.1, 0.15) is 5.75 Å². The lowest BCUT2D eigenvalue weighted by molar-refractivity contribution is 0.318. The van der Waals surface area contributed by atoms with Crippen LogP contribution < -0.4 is 10.5 Å². The molecule has 0 aliphatic heterocycles. The van der Waals surface area contributed by atoms with Crippen molar-refractivity contribution in [2.75, 3.05) is 7.11 Å². The van der Waals surface area contributed by atoms with E-state index in [1.54, 1.807) is 30.0 Å². The lowest BCUT2D eigenvalue weighted by Crippen LogP contribution is -2.17. The number of aryl methyl sites for hydroxylation is 1. The van der Waals surface area contributed by atoms with E-state index in [9.17, 15) is 0 Å². The summed E-state index contributed by atoms with van der Waals surface area (Å²) in [6.07, 6.45) is 0.